The number of nitrogens with zero attached hydrogens (tertiary/aromatic N) is 3. The van der Waals surface area contributed by atoms with Crippen LogP contribution in [0, 0.1) is 0 Å². The van der Waals surface area contributed by atoms with Crippen LogP contribution in [0.5, 0.6) is 0 Å². The Bertz CT molecular complexity index is 509. The van der Waals surface area contributed by atoms with Crippen molar-refractivity contribution in [2.45, 2.75) is 13.0 Å². The highest BCUT2D eigenvalue weighted by Gasteiger charge is 2.07. The zero-order valence-electron chi connectivity index (χ0n) is 10.3. The van der Waals surface area contributed by atoms with E-state index in [-0.39, 0.29) is 6.04 Å². The number of halogens is 1. The third kappa shape index (κ3) is 3.28. The summed E-state index contributed by atoms with van der Waals surface area (Å²) in [6.07, 6.45) is 0. The summed E-state index contributed by atoms with van der Waals surface area (Å²) in [6, 6.07) is 8.11. The van der Waals surface area contributed by atoms with Crippen LogP contribution < -0.4 is 10.6 Å². The highest BCUT2D eigenvalue weighted by atomic mass is 79.9. The summed E-state index contributed by atoms with van der Waals surface area (Å²) in [6.45, 7) is 2.74. The highest BCUT2D eigenvalue weighted by molar-refractivity contribution is 9.11. The summed E-state index contributed by atoms with van der Waals surface area (Å²) in [7, 11) is 1.97. The Morgan fingerprint density at radius 3 is 2.61 bits per heavy atom. The molecule has 0 saturated heterocycles. The molecule has 0 radical (unpaired) electrons. The molecule has 2 aromatic rings. The average molecular weight is 327 g/mol. The van der Waals surface area contributed by atoms with E-state index in [9.17, 15) is 0 Å². The van der Waals surface area contributed by atoms with Crippen LogP contribution in [0.2, 0.25) is 0 Å². The summed E-state index contributed by atoms with van der Waals surface area (Å²) in [5, 5.41) is 8.48. The minimum absolute atomic E-state index is 0.115. The molecular weight excluding hydrogens is 312 g/mol. The van der Waals surface area contributed by atoms with Crippen LogP contribution in [0.15, 0.2) is 28.1 Å². The van der Waals surface area contributed by atoms with Gasteiger partial charge < -0.3 is 10.6 Å². The molecule has 2 rings (SSSR count). The number of hydrogen-bond acceptors (Lipinski definition) is 5. The average Bonchev–Trinajstić information content (AvgIpc) is 2.75. The van der Waals surface area contributed by atoms with E-state index < -0.39 is 0 Å². The lowest BCUT2D eigenvalue weighted by atomic mass is 10.3. The van der Waals surface area contributed by atoms with E-state index >= 15 is 0 Å². The summed E-state index contributed by atoms with van der Waals surface area (Å²) in [5.41, 5.74) is 6.65. The van der Waals surface area contributed by atoms with Gasteiger partial charge in [0.05, 0.1) is 8.66 Å². The molecule has 1 atom stereocenters. The van der Waals surface area contributed by atoms with Crippen LogP contribution >= 0.6 is 27.3 Å². The lowest BCUT2D eigenvalue weighted by Gasteiger charge is -2.19. The van der Waals surface area contributed by atoms with Gasteiger partial charge in [0.2, 0.25) is 0 Å². The number of hydrogen-bond donors (Lipinski definition) is 1. The van der Waals surface area contributed by atoms with E-state index in [1.54, 1.807) is 11.3 Å². The third-order valence-electron chi connectivity index (χ3n) is 2.43. The summed E-state index contributed by atoms with van der Waals surface area (Å²) >= 11 is 5.09. The molecule has 0 aliphatic heterocycles. The molecule has 18 heavy (non-hydrogen) atoms. The van der Waals surface area contributed by atoms with E-state index in [1.807, 2.05) is 43.1 Å². The standard InChI is InChI=1S/C12H15BrN4S/c1-8(14)7-17(2)12-6-3-9(15-16-12)10-4-5-11(13)18-10/h3-6,8H,7,14H2,1-2H3. The van der Waals surface area contributed by atoms with Crippen molar-refractivity contribution in [3.05, 3.63) is 28.1 Å². The van der Waals surface area contributed by atoms with Crippen molar-refractivity contribution in [3.8, 4) is 10.6 Å². The van der Waals surface area contributed by atoms with Gasteiger partial charge in [-0.1, -0.05) is 0 Å². The summed E-state index contributed by atoms with van der Waals surface area (Å²) in [5.74, 6) is 0.840. The number of likely N-dealkylation sites (N-methyl/N-ethyl adjacent to an activating group) is 1. The normalized spacial score (nSPS) is 12.4. The van der Waals surface area contributed by atoms with E-state index in [4.69, 9.17) is 5.73 Å². The molecule has 4 nitrogen and oxygen atoms in total. The van der Waals surface area contributed by atoms with Gasteiger partial charge in [0.15, 0.2) is 5.82 Å². The monoisotopic (exact) mass is 326 g/mol. The number of thiophene rings is 1. The van der Waals surface area contributed by atoms with Crippen LogP contribution in [0.3, 0.4) is 0 Å². The van der Waals surface area contributed by atoms with Gasteiger partial charge in [-0.25, -0.2) is 0 Å². The molecule has 0 saturated carbocycles. The van der Waals surface area contributed by atoms with Crippen molar-refractivity contribution < 1.29 is 0 Å². The maximum atomic E-state index is 5.76. The Hall–Kier alpha value is -0.980. The molecule has 0 amide bonds. The first kappa shape index (κ1) is 13.5. The minimum atomic E-state index is 0.115. The lowest BCUT2D eigenvalue weighted by Crippen LogP contribution is -2.33. The van der Waals surface area contributed by atoms with Crippen LogP contribution in [-0.2, 0) is 0 Å². The number of rotatable bonds is 4. The second-order valence-corrected chi connectivity index (χ2v) is 6.70. The van der Waals surface area contributed by atoms with Crippen molar-refractivity contribution in [3.63, 3.8) is 0 Å². The third-order valence-corrected chi connectivity index (χ3v) is 4.08. The molecule has 1 unspecified atom stereocenters. The largest absolute Gasteiger partial charge is 0.357 e. The smallest absolute Gasteiger partial charge is 0.151 e. The Morgan fingerprint density at radius 1 is 1.33 bits per heavy atom. The SMILES string of the molecule is CC(N)CN(C)c1ccc(-c2ccc(Br)s2)nn1. The number of aromatic nitrogens is 2. The summed E-state index contributed by atoms with van der Waals surface area (Å²) < 4.78 is 1.09. The first-order valence-corrected chi connectivity index (χ1v) is 7.23. The topological polar surface area (TPSA) is 55.0 Å². The fraction of sp³-hybridized carbons (Fsp3) is 0.333. The van der Waals surface area contributed by atoms with E-state index in [2.05, 4.69) is 26.1 Å². The molecule has 2 aromatic heterocycles. The summed E-state index contributed by atoms with van der Waals surface area (Å²) in [4.78, 5) is 3.11. The number of nitrogens with two attached hydrogens (primary N) is 1. The van der Waals surface area contributed by atoms with Crippen molar-refractivity contribution in [2.24, 2.45) is 5.73 Å². The predicted molar refractivity (Wildman–Crippen MR) is 80.0 cm³/mol. The number of anilines is 1. The van der Waals surface area contributed by atoms with Gasteiger partial charge in [0, 0.05) is 19.6 Å². The van der Waals surface area contributed by atoms with Crippen LogP contribution in [0.4, 0.5) is 5.82 Å². The van der Waals surface area contributed by atoms with Crippen molar-refractivity contribution in [2.75, 3.05) is 18.5 Å². The van der Waals surface area contributed by atoms with Gasteiger partial charge in [-0.15, -0.1) is 21.5 Å². The zero-order valence-corrected chi connectivity index (χ0v) is 12.7. The molecule has 96 valence electrons. The second kappa shape index (κ2) is 5.77. The van der Waals surface area contributed by atoms with Crippen LogP contribution in [0.1, 0.15) is 6.92 Å². The molecule has 0 aromatic carbocycles. The molecule has 0 aliphatic rings. The van der Waals surface area contributed by atoms with Gasteiger partial charge in [0.1, 0.15) is 5.69 Å². The van der Waals surface area contributed by atoms with Crippen molar-refractivity contribution in [1.82, 2.24) is 10.2 Å². The molecular formula is C12H15BrN4S. The van der Waals surface area contributed by atoms with Gasteiger partial charge in [-0.2, -0.15) is 0 Å². The van der Waals surface area contributed by atoms with Crippen molar-refractivity contribution >= 4 is 33.1 Å². The Kier molecular flexibility index (Phi) is 4.31. The van der Waals surface area contributed by atoms with Gasteiger partial charge in [-0.3, -0.25) is 0 Å². The molecule has 0 aliphatic carbocycles. The Morgan fingerprint density at radius 2 is 2.11 bits per heavy atom. The highest BCUT2D eigenvalue weighted by Crippen LogP contribution is 2.29. The molecule has 0 spiro atoms. The van der Waals surface area contributed by atoms with Gasteiger partial charge in [-0.05, 0) is 47.1 Å². The predicted octanol–water partition coefficient (Wildman–Crippen LogP) is 2.75. The fourth-order valence-electron chi connectivity index (χ4n) is 1.64. The first-order chi connectivity index (χ1) is 8.56. The fourth-order valence-corrected chi connectivity index (χ4v) is 2.99. The first-order valence-electron chi connectivity index (χ1n) is 5.62. The Balaban J connectivity index is 2.15. The Labute approximate surface area is 119 Å². The maximum Gasteiger partial charge on any atom is 0.151 e. The molecule has 0 bridgehead atoms. The lowest BCUT2D eigenvalue weighted by molar-refractivity contribution is 0.708. The molecule has 2 heterocycles. The van der Waals surface area contributed by atoms with Gasteiger partial charge >= 0.3 is 0 Å². The quantitative estimate of drug-likeness (QED) is 0.938. The zero-order chi connectivity index (χ0) is 13.1. The maximum absolute atomic E-state index is 5.76. The second-order valence-electron chi connectivity index (χ2n) is 4.24. The van der Waals surface area contributed by atoms with E-state index in [0.717, 1.165) is 26.7 Å². The molecule has 2 N–H and O–H groups in total. The molecule has 0 fully saturated rings. The van der Waals surface area contributed by atoms with Crippen molar-refractivity contribution in [1.29, 1.82) is 0 Å². The van der Waals surface area contributed by atoms with E-state index in [0.29, 0.717) is 0 Å². The van der Waals surface area contributed by atoms with E-state index in [1.165, 1.54) is 0 Å². The minimum Gasteiger partial charge on any atom is -0.357 e. The van der Waals surface area contributed by atoms with Crippen LogP contribution in [0.25, 0.3) is 10.6 Å². The van der Waals surface area contributed by atoms with Crippen LogP contribution in [-0.4, -0.2) is 29.8 Å². The van der Waals surface area contributed by atoms with Gasteiger partial charge in [0.25, 0.3) is 0 Å². The molecule has 6 heteroatoms.